The van der Waals surface area contributed by atoms with Crippen molar-refractivity contribution >= 4 is 17.3 Å². The third-order valence-electron chi connectivity index (χ3n) is 6.88. The van der Waals surface area contributed by atoms with E-state index in [2.05, 4.69) is 24.1 Å². The molecule has 0 unspecified atom stereocenters. The van der Waals surface area contributed by atoms with Crippen molar-refractivity contribution in [2.45, 2.75) is 84.2 Å². The van der Waals surface area contributed by atoms with E-state index in [4.69, 9.17) is 4.74 Å². The lowest BCUT2D eigenvalue weighted by molar-refractivity contribution is -0.141. The number of imidazole rings is 1. The summed E-state index contributed by atoms with van der Waals surface area (Å²) < 4.78 is 6.98. The molecule has 1 atom stereocenters. The number of rotatable bonds is 18. The molecule has 206 valence electrons. The molecular formula is C30H42N4O4. The quantitative estimate of drug-likeness (QED) is 0.147. The predicted molar refractivity (Wildman–Crippen MR) is 153 cm³/mol. The molecule has 0 amide bonds. The van der Waals surface area contributed by atoms with Crippen LogP contribution in [0.2, 0.25) is 0 Å². The van der Waals surface area contributed by atoms with Gasteiger partial charge in [0.15, 0.2) is 0 Å². The van der Waals surface area contributed by atoms with Crippen LogP contribution in [-0.4, -0.2) is 41.8 Å². The van der Waals surface area contributed by atoms with Crippen molar-refractivity contribution in [3.8, 4) is 0 Å². The normalized spacial score (nSPS) is 12.0. The fourth-order valence-electron chi connectivity index (χ4n) is 4.72. The Hall–Kier alpha value is -3.42. The van der Waals surface area contributed by atoms with E-state index in [1.54, 1.807) is 6.33 Å². The second-order valence-electron chi connectivity index (χ2n) is 9.94. The summed E-state index contributed by atoms with van der Waals surface area (Å²) in [5, 5.41) is 3.07. The summed E-state index contributed by atoms with van der Waals surface area (Å²) in [6.07, 6.45) is 12.5. The molecule has 8 heteroatoms. The Balaban J connectivity index is 1.75. The van der Waals surface area contributed by atoms with Crippen molar-refractivity contribution < 1.29 is 9.53 Å². The highest BCUT2D eigenvalue weighted by molar-refractivity contribution is 5.84. The molecule has 8 nitrogen and oxygen atoms in total. The Labute approximate surface area is 225 Å². The molecule has 1 heterocycles. The number of unbranched alkanes of at least 4 members (excludes halogenated alkanes) is 6. The van der Waals surface area contributed by atoms with Crippen LogP contribution in [0.1, 0.15) is 76.5 Å². The molecule has 0 fully saturated rings. The molecule has 0 saturated carbocycles. The fourth-order valence-corrected chi connectivity index (χ4v) is 4.72. The van der Waals surface area contributed by atoms with Gasteiger partial charge >= 0.3 is 5.97 Å². The van der Waals surface area contributed by atoms with Crippen molar-refractivity contribution in [3.63, 3.8) is 0 Å². The zero-order valence-electron chi connectivity index (χ0n) is 23.1. The first-order valence-electron chi connectivity index (χ1n) is 14.0. The minimum atomic E-state index is -0.829. The lowest BCUT2D eigenvalue weighted by atomic mass is 10.1. The van der Waals surface area contributed by atoms with Gasteiger partial charge in [-0.1, -0.05) is 82.7 Å². The second-order valence-corrected chi connectivity index (χ2v) is 9.94. The number of nitrogens with zero attached hydrogens (tertiary/aromatic N) is 3. The minimum absolute atomic E-state index is 0.222. The van der Waals surface area contributed by atoms with E-state index in [9.17, 15) is 14.4 Å². The van der Waals surface area contributed by atoms with Crippen molar-refractivity contribution in [1.29, 1.82) is 0 Å². The van der Waals surface area contributed by atoms with Crippen molar-refractivity contribution in [1.82, 2.24) is 9.55 Å². The van der Waals surface area contributed by atoms with Crippen LogP contribution in [0.3, 0.4) is 0 Å². The first-order chi connectivity index (χ1) is 18.5. The number of hydrogen-bond donors (Lipinski definition) is 1. The van der Waals surface area contributed by atoms with Crippen LogP contribution < -0.4 is 21.1 Å². The van der Waals surface area contributed by atoms with Gasteiger partial charge in [0.05, 0.1) is 19.1 Å². The SMILES string of the molecule is CCCCCCN(CCCCCC)c1c(N[C@@H](Cc2cn(Cc3ccccc3)cn2)C(=O)OC)c(=O)c1=O. The third-order valence-corrected chi connectivity index (χ3v) is 6.88. The topological polar surface area (TPSA) is 93.5 Å². The monoisotopic (exact) mass is 522 g/mol. The zero-order chi connectivity index (χ0) is 27.3. The lowest BCUT2D eigenvalue weighted by Crippen LogP contribution is -2.46. The fraction of sp³-hybridized carbons (Fsp3) is 0.533. The summed E-state index contributed by atoms with van der Waals surface area (Å²) in [6.45, 7) is 6.44. The van der Waals surface area contributed by atoms with Gasteiger partial charge in [0.25, 0.3) is 10.9 Å². The van der Waals surface area contributed by atoms with Gasteiger partial charge in [-0.25, -0.2) is 9.78 Å². The molecule has 0 radical (unpaired) electrons. The highest BCUT2D eigenvalue weighted by atomic mass is 16.5. The van der Waals surface area contributed by atoms with Crippen LogP contribution in [0.5, 0.6) is 0 Å². The summed E-state index contributed by atoms with van der Waals surface area (Å²) in [5.74, 6) is -0.501. The van der Waals surface area contributed by atoms with E-state index in [0.29, 0.717) is 17.9 Å². The van der Waals surface area contributed by atoms with E-state index < -0.39 is 22.9 Å². The highest BCUT2D eigenvalue weighted by Crippen LogP contribution is 2.24. The van der Waals surface area contributed by atoms with Gasteiger partial charge < -0.3 is 19.5 Å². The minimum Gasteiger partial charge on any atom is -0.467 e. The van der Waals surface area contributed by atoms with E-state index in [1.165, 1.54) is 7.11 Å². The van der Waals surface area contributed by atoms with Gasteiger partial charge in [-0.2, -0.15) is 0 Å². The molecule has 3 aromatic rings. The van der Waals surface area contributed by atoms with Gasteiger partial charge in [-0.05, 0) is 18.4 Å². The van der Waals surface area contributed by atoms with Gasteiger partial charge in [0.1, 0.15) is 17.4 Å². The molecule has 0 aliphatic heterocycles. The molecule has 1 aromatic heterocycles. The van der Waals surface area contributed by atoms with Gasteiger partial charge in [0, 0.05) is 32.3 Å². The maximum Gasteiger partial charge on any atom is 0.328 e. The van der Waals surface area contributed by atoms with Crippen molar-refractivity contribution in [2.24, 2.45) is 0 Å². The summed E-state index contributed by atoms with van der Waals surface area (Å²) in [7, 11) is 1.32. The average Bonchev–Trinajstić information content (AvgIpc) is 3.38. The number of methoxy groups -OCH3 is 1. The molecule has 0 spiro atoms. The van der Waals surface area contributed by atoms with Gasteiger partial charge in [0.2, 0.25) is 0 Å². The Morgan fingerprint density at radius 1 is 0.974 bits per heavy atom. The van der Waals surface area contributed by atoms with Crippen molar-refractivity contribution in [2.75, 3.05) is 30.4 Å². The molecule has 0 aliphatic rings. The number of carbonyl (C=O) groups excluding carboxylic acids is 1. The Kier molecular flexibility index (Phi) is 11.6. The first-order valence-corrected chi connectivity index (χ1v) is 14.0. The third kappa shape index (κ3) is 8.04. The van der Waals surface area contributed by atoms with E-state index in [-0.39, 0.29) is 12.1 Å². The van der Waals surface area contributed by atoms with E-state index in [1.807, 2.05) is 46.0 Å². The van der Waals surface area contributed by atoms with Crippen LogP contribution in [0, 0.1) is 0 Å². The van der Waals surface area contributed by atoms with Crippen LogP contribution in [0.4, 0.5) is 11.4 Å². The smallest absolute Gasteiger partial charge is 0.328 e. The number of benzene rings is 1. The van der Waals surface area contributed by atoms with Crippen LogP contribution >= 0.6 is 0 Å². The number of anilines is 2. The number of hydrogen-bond acceptors (Lipinski definition) is 7. The summed E-state index contributed by atoms with van der Waals surface area (Å²) in [6, 6.07) is 9.21. The van der Waals surface area contributed by atoms with Crippen LogP contribution in [-0.2, 0) is 22.5 Å². The molecule has 0 aliphatic carbocycles. The average molecular weight is 523 g/mol. The number of aromatic nitrogens is 2. The standard InChI is InChI=1S/C30H42N4O4/c1-4-6-8-13-17-34(18-14-9-7-5-2)27-26(28(35)29(27)36)32-25(30(37)38-3)19-24-21-33(22-31-24)20-23-15-11-10-12-16-23/h10-12,15-16,21-22,25,32H,4-9,13-14,17-20H2,1-3H3/t25-/m0/s1. The predicted octanol–water partition coefficient (Wildman–Crippen LogP) is 4.69. The second kappa shape index (κ2) is 15.1. The summed E-state index contributed by atoms with van der Waals surface area (Å²) in [5.41, 5.74) is 1.42. The Morgan fingerprint density at radius 3 is 2.24 bits per heavy atom. The van der Waals surface area contributed by atoms with Gasteiger partial charge in [-0.3, -0.25) is 9.59 Å². The molecule has 0 bridgehead atoms. The molecule has 38 heavy (non-hydrogen) atoms. The van der Waals surface area contributed by atoms with Crippen LogP contribution in [0.25, 0.3) is 0 Å². The summed E-state index contributed by atoms with van der Waals surface area (Å²) in [4.78, 5) is 44.6. The Bertz CT molecular complexity index is 1180. The number of esters is 1. The molecule has 0 saturated heterocycles. The maximum absolute atomic E-state index is 12.7. The van der Waals surface area contributed by atoms with E-state index in [0.717, 1.165) is 70.0 Å². The maximum atomic E-state index is 12.7. The molecule has 2 aromatic carbocycles. The zero-order valence-corrected chi connectivity index (χ0v) is 23.1. The van der Waals surface area contributed by atoms with E-state index >= 15 is 0 Å². The summed E-state index contributed by atoms with van der Waals surface area (Å²) >= 11 is 0. The molecular weight excluding hydrogens is 480 g/mol. The largest absolute Gasteiger partial charge is 0.467 e. The Morgan fingerprint density at radius 2 is 1.63 bits per heavy atom. The first kappa shape index (κ1) is 29.1. The molecule has 1 N–H and O–H groups in total. The highest BCUT2D eigenvalue weighted by Gasteiger charge is 2.30. The van der Waals surface area contributed by atoms with Crippen molar-refractivity contribution in [3.05, 3.63) is 74.6 Å². The van der Waals surface area contributed by atoms with Crippen LogP contribution in [0.15, 0.2) is 52.4 Å². The molecule has 3 rings (SSSR count). The number of nitrogens with one attached hydrogen (secondary N) is 1. The number of ether oxygens (including phenoxy) is 1. The number of carbonyl (C=O) groups is 1. The lowest BCUT2D eigenvalue weighted by Gasteiger charge is -2.29. The van der Waals surface area contributed by atoms with Gasteiger partial charge in [-0.15, -0.1) is 0 Å².